The van der Waals surface area contributed by atoms with Gasteiger partial charge in [-0.15, -0.1) is 11.3 Å². The second-order valence-electron chi connectivity index (χ2n) is 14.1. The quantitative estimate of drug-likeness (QED) is 0.163. The molecule has 0 saturated heterocycles. The van der Waals surface area contributed by atoms with Crippen molar-refractivity contribution in [3.8, 4) is 22.5 Å². The highest BCUT2D eigenvalue weighted by Gasteiger charge is 2.19. The van der Waals surface area contributed by atoms with Crippen molar-refractivity contribution in [3.05, 3.63) is 182 Å². The van der Waals surface area contributed by atoms with E-state index in [0.29, 0.717) is 0 Å². The Labute approximate surface area is 309 Å². The predicted molar refractivity (Wildman–Crippen MR) is 228 cm³/mol. The van der Waals surface area contributed by atoms with Gasteiger partial charge in [-0.05, 0) is 75.8 Å². The van der Waals surface area contributed by atoms with Crippen molar-refractivity contribution in [2.75, 3.05) is 0 Å². The first-order valence-electron chi connectivity index (χ1n) is 18.2. The van der Waals surface area contributed by atoms with Crippen LogP contribution >= 0.6 is 11.3 Å². The number of fused-ring (bicyclic) bond motifs is 12. The smallest absolute Gasteiger partial charge is 0.0640 e. The molecular formula is C50H30N2S. The molecule has 0 bridgehead atoms. The molecule has 3 heterocycles. The van der Waals surface area contributed by atoms with E-state index in [4.69, 9.17) is 0 Å². The average molecular weight is 691 g/mol. The molecule has 246 valence electrons. The summed E-state index contributed by atoms with van der Waals surface area (Å²) in [4.78, 5) is 0. The Morgan fingerprint density at radius 1 is 0.302 bits per heavy atom. The number of hydrogen-bond acceptors (Lipinski definition) is 1. The number of nitrogens with zero attached hydrogens (tertiary/aromatic N) is 2. The monoisotopic (exact) mass is 690 g/mol. The molecule has 0 saturated carbocycles. The molecule has 0 fully saturated rings. The zero-order chi connectivity index (χ0) is 34.6. The van der Waals surface area contributed by atoms with Gasteiger partial charge < -0.3 is 9.13 Å². The minimum absolute atomic E-state index is 1.21. The number of thiophene rings is 1. The van der Waals surface area contributed by atoms with Crippen LogP contribution in [0.3, 0.4) is 0 Å². The molecule has 0 N–H and O–H groups in total. The molecule has 0 radical (unpaired) electrons. The second kappa shape index (κ2) is 10.9. The van der Waals surface area contributed by atoms with E-state index in [2.05, 4.69) is 191 Å². The first-order valence-corrected chi connectivity index (χ1v) is 19.0. The molecule has 3 aromatic heterocycles. The van der Waals surface area contributed by atoms with Gasteiger partial charge in [-0.1, -0.05) is 133 Å². The molecule has 0 aliphatic rings. The normalized spacial score (nSPS) is 12.2. The third kappa shape index (κ3) is 4.08. The van der Waals surface area contributed by atoms with Crippen LogP contribution < -0.4 is 0 Å². The van der Waals surface area contributed by atoms with Gasteiger partial charge in [0.15, 0.2) is 0 Å². The average Bonchev–Trinajstić information content (AvgIpc) is 3.88. The van der Waals surface area contributed by atoms with Crippen molar-refractivity contribution < 1.29 is 0 Å². The first-order chi connectivity index (χ1) is 26.3. The fraction of sp³-hybridized carbons (Fsp3) is 0. The van der Waals surface area contributed by atoms with Gasteiger partial charge in [0.05, 0.1) is 38.1 Å². The minimum atomic E-state index is 1.21. The highest BCUT2D eigenvalue weighted by atomic mass is 32.1. The van der Waals surface area contributed by atoms with E-state index in [1.807, 2.05) is 11.3 Å². The standard InChI is InChI=1S/C50H30N2S/c1-2-13-34-33(12-1)30-48(36-15-4-3-14-35(34)36)52-43-20-8-5-16-37(43)39-26-24-32(29-47(39)52)31-25-27-45-42(28-31)38-17-6-9-21-44(38)51(45)46-22-11-19-41-40-18-7-10-23-49(40)53-50(41)46/h1-30H. The van der Waals surface area contributed by atoms with Crippen LogP contribution in [0.5, 0.6) is 0 Å². The van der Waals surface area contributed by atoms with Crippen LogP contribution in [-0.2, 0) is 0 Å². The third-order valence-electron chi connectivity index (χ3n) is 11.3. The van der Waals surface area contributed by atoms with Gasteiger partial charge in [0, 0.05) is 42.4 Å². The van der Waals surface area contributed by atoms with E-state index >= 15 is 0 Å². The predicted octanol–water partition coefficient (Wildman–Crippen LogP) is 14.2. The number of benzene rings is 9. The van der Waals surface area contributed by atoms with Crippen molar-refractivity contribution in [2.45, 2.75) is 0 Å². The maximum Gasteiger partial charge on any atom is 0.0640 e. The zero-order valence-electron chi connectivity index (χ0n) is 28.6. The van der Waals surface area contributed by atoms with Crippen LogP contribution in [0.1, 0.15) is 0 Å². The first kappa shape index (κ1) is 29.0. The van der Waals surface area contributed by atoms with E-state index < -0.39 is 0 Å². The van der Waals surface area contributed by atoms with Crippen molar-refractivity contribution >= 4 is 96.7 Å². The summed E-state index contributed by atoms with van der Waals surface area (Å²) in [7, 11) is 0. The topological polar surface area (TPSA) is 9.86 Å². The number of rotatable bonds is 3. The van der Waals surface area contributed by atoms with E-state index in [9.17, 15) is 0 Å². The SMILES string of the molecule is c1ccc2c(c1)cc(-n1c3ccccc3c3ccc(-c4ccc5c(c4)c4ccccc4n5-c4cccc5c4sc4ccccc45)cc31)c1ccccc12. The van der Waals surface area contributed by atoms with Crippen LogP contribution in [-0.4, -0.2) is 9.13 Å². The van der Waals surface area contributed by atoms with Gasteiger partial charge in [0.2, 0.25) is 0 Å². The summed E-state index contributed by atoms with van der Waals surface area (Å²) in [6, 6.07) is 67.2. The molecule has 2 nitrogen and oxygen atoms in total. The molecule has 12 rings (SSSR count). The van der Waals surface area contributed by atoms with E-state index in [1.54, 1.807) is 0 Å². The Morgan fingerprint density at radius 3 is 1.70 bits per heavy atom. The Morgan fingerprint density at radius 2 is 0.868 bits per heavy atom. The lowest BCUT2D eigenvalue weighted by Gasteiger charge is -2.15. The zero-order valence-corrected chi connectivity index (χ0v) is 29.4. The van der Waals surface area contributed by atoms with Gasteiger partial charge in [-0.2, -0.15) is 0 Å². The fourth-order valence-electron chi connectivity index (χ4n) is 8.95. The van der Waals surface area contributed by atoms with Crippen LogP contribution in [0.15, 0.2) is 182 Å². The Kier molecular flexibility index (Phi) is 5.96. The lowest BCUT2D eigenvalue weighted by Crippen LogP contribution is -1.96. The lowest BCUT2D eigenvalue weighted by molar-refractivity contribution is 1.20. The molecule has 0 unspecified atom stereocenters. The molecule has 0 aliphatic heterocycles. The van der Waals surface area contributed by atoms with Crippen LogP contribution in [0, 0.1) is 0 Å². The fourth-order valence-corrected chi connectivity index (χ4v) is 10.2. The van der Waals surface area contributed by atoms with Gasteiger partial charge in [0.25, 0.3) is 0 Å². The summed E-state index contributed by atoms with van der Waals surface area (Å²) in [6.07, 6.45) is 0. The van der Waals surface area contributed by atoms with Crippen LogP contribution in [0.4, 0.5) is 0 Å². The summed E-state index contributed by atoms with van der Waals surface area (Å²) in [5.41, 5.74) is 9.73. The second-order valence-corrected chi connectivity index (χ2v) is 15.1. The molecule has 3 heteroatoms. The van der Waals surface area contributed by atoms with E-state index in [0.717, 1.165) is 0 Å². The highest BCUT2D eigenvalue weighted by molar-refractivity contribution is 7.26. The molecule has 9 aromatic carbocycles. The maximum atomic E-state index is 2.49. The summed E-state index contributed by atoms with van der Waals surface area (Å²) < 4.78 is 7.60. The number of para-hydroxylation sites is 2. The maximum absolute atomic E-state index is 2.49. The van der Waals surface area contributed by atoms with Crippen molar-refractivity contribution in [3.63, 3.8) is 0 Å². The molecule has 0 spiro atoms. The molecule has 0 aliphatic carbocycles. The van der Waals surface area contributed by atoms with E-state index in [-0.39, 0.29) is 0 Å². The lowest BCUT2D eigenvalue weighted by atomic mass is 9.99. The summed E-state index contributed by atoms with van der Waals surface area (Å²) in [5, 5.41) is 12.7. The van der Waals surface area contributed by atoms with Crippen molar-refractivity contribution in [1.29, 1.82) is 0 Å². The molecule has 12 aromatic rings. The number of aromatic nitrogens is 2. The van der Waals surface area contributed by atoms with Gasteiger partial charge in [-0.3, -0.25) is 0 Å². The van der Waals surface area contributed by atoms with Gasteiger partial charge >= 0.3 is 0 Å². The summed E-state index contributed by atoms with van der Waals surface area (Å²) >= 11 is 1.88. The summed E-state index contributed by atoms with van der Waals surface area (Å²) in [5.74, 6) is 0. The molecule has 0 amide bonds. The minimum Gasteiger partial charge on any atom is -0.309 e. The highest BCUT2D eigenvalue weighted by Crippen LogP contribution is 2.43. The number of hydrogen-bond donors (Lipinski definition) is 0. The summed E-state index contributed by atoms with van der Waals surface area (Å²) in [6.45, 7) is 0. The van der Waals surface area contributed by atoms with Crippen LogP contribution in [0.25, 0.3) is 108 Å². The Balaban J connectivity index is 1.10. The molecule has 0 atom stereocenters. The largest absolute Gasteiger partial charge is 0.309 e. The van der Waals surface area contributed by atoms with Crippen LogP contribution in [0.2, 0.25) is 0 Å². The van der Waals surface area contributed by atoms with Crippen molar-refractivity contribution in [1.82, 2.24) is 9.13 Å². The third-order valence-corrected chi connectivity index (χ3v) is 12.5. The van der Waals surface area contributed by atoms with Gasteiger partial charge in [-0.25, -0.2) is 0 Å². The Hall–Kier alpha value is -6.68. The van der Waals surface area contributed by atoms with E-state index in [1.165, 1.54) is 108 Å². The Bertz CT molecular complexity index is 3470. The van der Waals surface area contributed by atoms with Crippen molar-refractivity contribution in [2.24, 2.45) is 0 Å². The molecule has 53 heavy (non-hydrogen) atoms. The van der Waals surface area contributed by atoms with Gasteiger partial charge in [0.1, 0.15) is 0 Å². The molecular weight excluding hydrogens is 661 g/mol.